The van der Waals surface area contributed by atoms with Crippen LogP contribution in [0.4, 0.5) is 13.2 Å². The second kappa shape index (κ2) is 4.58. The fourth-order valence-corrected chi connectivity index (χ4v) is 1.61. The molecular weight excluding hydrogens is 281 g/mol. The Bertz CT molecular complexity index is 537. The first kappa shape index (κ1) is 13.9. The lowest BCUT2D eigenvalue weighted by Gasteiger charge is -2.10. The number of hydrogen-bond acceptors (Lipinski definition) is 3. The molecule has 0 heterocycles. The average Bonchev–Trinajstić information content (AvgIpc) is 2.19. The van der Waals surface area contributed by atoms with E-state index in [1.165, 1.54) is 0 Å². The molecule has 0 N–H and O–H groups in total. The van der Waals surface area contributed by atoms with E-state index in [-0.39, 0.29) is 0 Å². The Morgan fingerprint density at radius 3 is 2.41 bits per heavy atom. The van der Waals surface area contributed by atoms with Crippen LogP contribution in [0.1, 0.15) is 5.56 Å². The summed E-state index contributed by atoms with van der Waals surface area (Å²) in [5, 5.41) is -0.0599. The SMILES string of the molecule is C=CS(=O)(=O)Oc1ccc(Cl)c(C(F)(F)F)c1. The van der Waals surface area contributed by atoms with E-state index in [4.69, 9.17) is 11.6 Å². The van der Waals surface area contributed by atoms with Gasteiger partial charge in [0.2, 0.25) is 0 Å². The van der Waals surface area contributed by atoms with E-state index in [2.05, 4.69) is 10.8 Å². The summed E-state index contributed by atoms with van der Waals surface area (Å²) in [7, 11) is -4.09. The first-order chi connectivity index (χ1) is 7.65. The smallest absolute Gasteiger partial charge is 0.379 e. The van der Waals surface area contributed by atoms with E-state index in [1.54, 1.807) is 0 Å². The zero-order chi connectivity index (χ0) is 13.3. The maximum atomic E-state index is 12.4. The molecule has 8 heteroatoms. The second-order valence-corrected chi connectivity index (χ2v) is 4.78. The van der Waals surface area contributed by atoms with Gasteiger partial charge in [-0.05, 0) is 18.2 Å². The van der Waals surface area contributed by atoms with Gasteiger partial charge >= 0.3 is 16.3 Å². The highest BCUT2D eigenvalue weighted by Crippen LogP contribution is 2.36. The van der Waals surface area contributed by atoms with Crippen molar-refractivity contribution in [2.24, 2.45) is 0 Å². The zero-order valence-corrected chi connectivity index (χ0v) is 9.73. The van der Waals surface area contributed by atoms with Crippen LogP contribution in [-0.2, 0) is 16.3 Å². The topological polar surface area (TPSA) is 43.4 Å². The van der Waals surface area contributed by atoms with E-state index >= 15 is 0 Å². The third-order valence-corrected chi connectivity index (χ3v) is 2.82. The highest BCUT2D eigenvalue weighted by Gasteiger charge is 2.33. The van der Waals surface area contributed by atoms with Crippen molar-refractivity contribution in [2.45, 2.75) is 6.18 Å². The minimum absolute atomic E-state index is 0.481. The molecule has 0 aliphatic carbocycles. The van der Waals surface area contributed by atoms with Crippen molar-refractivity contribution in [1.82, 2.24) is 0 Å². The molecule has 0 aliphatic rings. The van der Waals surface area contributed by atoms with Gasteiger partial charge in [-0.1, -0.05) is 18.2 Å². The Morgan fingerprint density at radius 1 is 1.35 bits per heavy atom. The van der Waals surface area contributed by atoms with Gasteiger partial charge in [0.15, 0.2) is 0 Å². The monoisotopic (exact) mass is 286 g/mol. The molecule has 1 aromatic rings. The van der Waals surface area contributed by atoms with Crippen molar-refractivity contribution in [1.29, 1.82) is 0 Å². The number of hydrogen-bond donors (Lipinski definition) is 0. The van der Waals surface area contributed by atoms with Crippen LogP contribution in [0, 0.1) is 0 Å². The van der Waals surface area contributed by atoms with Crippen molar-refractivity contribution < 1.29 is 25.8 Å². The van der Waals surface area contributed by atoms with E-state index in [1.807, 2.05) is 0 Å². The summed E-state index contributed by atoms with van der Waals surface area (Å²) in [6.45, 7) is 2.96. The molecule has 0 atom stereocenters. The van der Waals surface area contributed by atoms with Gasteiger partial charge in [0.25, 0.3) is 0 Å². The van der Waals surface area contributed by atoms with Gasteiger partial charge in [-0.15, -0.1) is 0 Å². The van der Waals surface area contributed by atoms with Gasteiger partial charge in [-0.25, -0.2) is 0 Å². The third kappa shape index (κ3) is 3.64. The molecule has 0 aromatic heterocycles. The molecule has 0 radical (unpaired) electrons. The van der Waals surface area contributed by atoms with Gasteiger partial charge in [0.1, 0.15) is 5.75 Å². The Hall–Kier alpha value is -1.21. The van der Waals surface area contributed by atoms with Crippen molar-refractivity contribution in [3.63, 3.8) is 0 Å². The van der Waals surface area contributed by atoms with E-state index < -0.39 is 32.6 Å². The maximum Gasteiger partial charge on any atom is 0.417 e. The molecule has 0 fully saturated rings. The normalized spacial score (nSPS) is 12.2. The lowest BCUT2D eigenvalue weighted by molar-refractivity contribution is -0.137. The van der Waals surface area contributed by atoms with E-state index in [0.717, 1.165) is 12.1 Å². The number of benzene rings is 1. The predicted molar refractivity (Wildman–Crippen MR) is 56.2 cm³/mol. The van der Waals surface area contributed by atoms with Crippen LogP contribution in [0.2, 0.25) is 5.02 Å². The summed E-state index contributed by atoms with van der Waals surface area (Å²) in [6, 6.07) is 2.42. The molecule has 0 bridgehead atoms. The van der Waals surface area contributed by atoms with Crippen LogP contribution in [0.25, 0.3) is 0 Å². The first-order valence-corrected chi connectivity index (χ1v) is 5.94. The van der Waals surface area contributed by atoms with Crippen LogP contribution in [0.15, 0.2) is 30.2 Å². The summed E-state index contributed by atoms with van der Waals surface area (Å²) in [5.74, 6) is -0.485. The van der Waals surface area contributed by atoms with Crippen LogP contribution < -0.4 is 4.18 Å². The van der Waals surface area contributed by atoms with Crippen molar-refractivity contribution >= 4 is 21.7 Å². The second-order valence-electron chi connectivity index (χ2n) is 2.88. The molecule has 0 amide bonds. The Morgan fingerprint density at radius 2 is 1.94 bits per heavy atom. The summed E-state index contributed by atoms with van der Waals surface area (Å²) < 4.78 is 63.6. The fourth-order valence-electron chi connectivity index (χ4n) is 0.942. The lowest BCUT2D eigenvalue weighted by atomic mass is 10.2. The quantitative estimate of drug-likeness (QED) is 0.801. The van der Waals surface area contributed by atoms with Gasteiger partial charge in [0.05, 0.1) is 16.0 Å². The van der Waals surface area contributed by atoms with E-state index in [0.29, 0.717) is 11.5 Å². The van der Waals surface area contributed by atoms with Crippen molar-refractivity contribution in [2.75, 3.05) is 0 Å². The molecular formula is C9H6ClF3O3S. The molecule has 0 aliphatic heterocycles. The van der Waals surface area contributed by atoms with Crippen molar-refractivity contribution in [3.05, 3.63) is 40.8 Å². The molecule has 1 aromatic carbocycles. The third-order valence-electron chi connectivity index (χ3n) is 1.66. The van der Waals surface area contributed by atoms with Crippen molar-refractivity contribution in [3.8, 4) is 5.75 Å². The van der Waals surface area contributed by atoms with Crippen LogP contribution in [0.3, 0.4) is 0 Å². The first-order valence-electron chi connectivity index (χ1n) is 4.09. The summed E-state index contributed by atoms with van der Waals surface area (Å²) in [5.41, 5.74) is -1.17. The molecule has 94 valence electrons. The minimum Gasteiger partial charge on any atom is -0.379 e. The Balaban J connectivity index is 3.19. The van der Waals surface area contributed by atoms with Gasteiger partial charge in [-0.3, -0.25) is 0 Å². The molecule has 0 saturated heterocycles. The summed E-state index contributed by atoms with van der Waals surface area (Å²) in [4.78, 5) is 0. The maximum absolute atomic E-state index is 12.4. The fraction of sp³-hybridized carbons (Fsp3) is 0.111. The number of alkyl halides is 3. The molecule has 1 rings (SSSR count). The lowest BCUT2D eigenvalue weighted by Crippen LogP contribution is -2.08. The standard InChI is InChI=1S/C9H6ClF3O3S/c1-2-17(14,15)16-6-3-4-8(10)7(5-6)9(11,12)13/h2-5H,1H2. The van der Waals surface area contributed by atoms with Crippen LogP contribution >= 0.6 is 11.6 Å². The summed E-state index contributed by atoms with van der Waals surface area (Å²) in [6.07, 6.45) is -4.69. The Labute approximate surface area is 101 Å². The predicted octanol–water partition coefficient (Wildman–Crippen LogP) is 3.21. The molecule has 17 heavy (non-hydrogen) atoms. The van der Waals surface area contributed by atoms with Gasteiger partial charge in [-0.2, -0.15) is 21.6 Å². The number of halogens is 4. The minimum atomic E-state index is -4.69. The highest BCUT2D eigenvalue weighted by atomic mass is 35.5. The average molecular weight is 287 g/mol. The Kier molecular flexibility index (Phi) is 3.73. The van der Waals surface area contributed by atoms with Gasteiger partial charge in [0, 0.05) is 0 Å². The highest BCUT2D eigenvalue weighted by molar-refractivity contribution is 7.90. The summed E-state index contributed by atoms with van der Waals surface area (Å²) >= 11 is 5.34. The largest absolute Gasteiger partial charge is 0.417 e. The number of rotatable bonds is 3. The molecule has 3 nitrogen and oxygen atoms in total. The van der Waals surface area contributed by atoms with Crippen LogP contribution in [0.5, 0.6) is 5.75 Å². The van der Waals surface area contributed by atoms with E-state index in [9.17, 15) is 21.6 Å². The molecule has 0 saturated carbocycles. The molecule has 0 spiro atoms. The van der Waals surface area contributed by atoms with Crippen LogP contribution in [-0.4, -0.2) is 8.42 Å². The molecule has 0 unspecified atom stereocenters. The zero-order valence-electron chi connectivity index (χ0n) is 8.16. The van der Waals surface area contributed by atoms with Gasteiger partial charge < -0.3 is 4.18 Å².